The van der Waals surface area contributed by atoms with Crippen molar-refractivity contribution >= 4 is 11.6 Å². The molecule has 1 fully saturated rings. The number of carbonyl (C=O) groups excluding carboxylic acids is 1. The van der Waals surface area contributed by atoms with Gasteiger partial charge in [-0.3, -0.25) is 4.79 Å². The number of nitrogens with zero attached hydrogens (tertiary/aromatic N) is 1. The number of nitrogen functional groups attached to an aromatic ring is 1. The van der Waals surface area contributed by atoms with Gasteiger partial charge in [0, 0.05) is 31.8 Å². The summed E-state index contributed by atoms with van der Waals surface area (Å²) in [6.07, 6.45) is 1.03. The van der Waals surface area contributed by atoms with Crippen molar-refractivity contribution in [3.05, 3.63) is 29.8 Å². The monoisotopic (exact) mass is 262 g/mol. The second-order valence-corrected chi connectivity index (χ2v) is 5.29. The van der Waals surface area contributed by atoms with Gasteiger partial charge in [0.15, 0.2) is 0 Å². The average molecular weight is 262 g/mol. The van der Waals surface area contributed by atoms with E-state index in [0.717, 1.165) is 31.7 Å². The fraction of sp³-hybridized carbons (Fsp3) is 0.533. The van der Waals surface area contributed by atoms with Gasteiger partial charge in [0.25, 0.3) is 0 Å². The highest BCUT2D eigenvalue weighted by molar-refractivity contribution is 5.83. The Balaban J connectivity index is 2.00. The molecular formula is C15H22N2O2. The summed E-state index contributed by atoms with van der Waals surface area (Å²) >= 11 is 0. The fourth-order valence-corrected chi connectivity index (χ4v) is 2.65. The van der Waals surface area contributed by atoms with Gasteiger partial charge in [-0.1, -0.05) is 12.1 Å². The number of hydrogen-bond acceptors (Lipinski definition) is 3. The maximum Gasteiger partial charge on any atom is 0.229 e. The van der Waals surface area contributed by atoms with Crippen LogP contribution in [0, 0.1) is 5.92 Å². The number of carbonyl (C=O) groups is 1. The molecule has 1 saturated heterocycles. The summed E-state index contributed by atoms with van der Waals surface area (Å²) in [6, 6.07) is 7.57. The Morgan fingerprint density at radius 1 is 1.58 bits per heavy atom. The zero-order valence-electron chi connectivity index (χ0n) is 11.6. The molecule has 1 aliphatic heterocycles. The SMILES string of the molecule is COCC1CCN(C(=O)C(C)c2cccc(N)c2)C1. The maximum atomic E-state index is 12.5. The van der Waals surface area contributed by atoms with Crippen molar-refractivity contribution < 1.29 is 9.53 Å². The number of rotatable bonds is 4. The summed E-state index contributed by atoms with van der Waals surface area (Å²) < 4.78 is 5.16. The molecule has 1 aromatic carbocycles. The highest BCUT2D eigenvalue weighted by Crippen LogP contribution is 2.24. The molecule has 0 aliphatic carbocycles. The van der Waals surface area contributed by atoms with Crippen LogP contribution in [0.15, 0.2) is 24.3 Å². The normalized spacial score (nSPS) is 20.5. The van der Waals surface area contributed by atoms with E-state index in [0.29, 0.717) is 11.6 Å². The summed E-state index contributed by atoms with van der Waals surface area (Å²) in [5, 5.41) is 0. The lowest BCUT2D eigenvalue weighted by Crippen LogP contribution is -2.32. The molecule has 2 rings (SSSR count). The third-order valence-corrected chi connectivity index (χ3v) is 3.78. The van der Waals surface area contributed by atoms with E-state index < -0.39 is 0 Å². The van der Waals surface area contributed by atoms with Gasteiger partial charge < -0.3 is 15.4 Å². The topological polar surface area (TPSA) is 55.6 Å². The lowest BCUT2D eigenvalue weighted by Gasteiger charge is -2.21. The zero-order valence-corrected chi connectivity index (χ0v) is 11.6. The van der Waals surface area contributed by atoms with Crippen LogP contribution < -0.4 is 5.73 Å². The summed E-state index contributed by atoms with van der Waals surface area (Å²) in [5.74, 6) is 0.524. The molecule has 19 heavy (non-hydrogen) atoms. The predicted molar refractivity (Wildman–Crippen MR) is 75.8 cm³/mol. The number of anilines is 1. The fourth-order valence-electron chi connectivity index (χ4n) is 2.65. The molecule has 2 unspecified atom stereocenters. The number of ether oxygens (including phenoxy) is 1. The molecule has 0 saturated carbocycles. The van der Waals surface area contributed by atoms with Gasteiger partial charge >= 0.3 is 0 Å². The van der Waals surface area contributed by atoms with Crippen LogP contribution >= 0.6 is 0 Å². The standard InChI is InChI=1S/C15H22N2O2/c1-11(13-4-3-5-14(16)8-13)15(18)17-7-6-12(9-17)10-19-2/h3-5,8,11-12H,6-7,9-10,16H2,1-2H3. The third kappa shape index (κ3) is 3.26. The van der Waals surface area contributed by atoms with E-state index in [9.17, 15) is 4.79 Å². The molecule has 0 bridgehead atoms. The lowest BCUT2D eigenvalue weighted by molar-refractivity contribution is -0.131. The van der Waals surface area contributed by atoms with Crippen molar-refractivity contribution in [3.8, 4) is 0 Å². The summed E-state index contributed by atoms with van der Waals surface area (Å²) in [6.45, 7) is 4.32. The smallest absolute Gasteiger partial charge is 0.229 e. The van der Waals surface area contributed by atoms with Crippen molar-refractivity contribution in [1.29, 1.82) is 0 Å². The van der Waals surface area contributed by atoms with E-state index in [4.69, 9.17) is 10.5 Å². The Labute approximate surface area is 114 Å². The van der Waals surface area contributed by atoms with Gasteiger partial charge in [-0.15, -0.1) is 0 Å². The van der Waals surface area contributed by atoms with Gasteiger partial charge in [0.05, 0.1) is 12.5 Å². The highest BCUT2D eigenvalue weighted by Gasteiger charge is 2.29. The molecule has 0 aromatic heterocycles. The van der Waals surface area contributed by atoms with Gasteiger partial charge in [-0.05, 0) is 31.0 Å². The molecule has 104 valence electrons. The summed E-state index contributed by atoms with van der Waals surface area (Å²) in [7, 11) is 1.71. The Hall–Kier alpha value is -1.55. The minimum atomic E-state index is -0.134. The number of benzene rings is 1. The first-order valence-electron chi connectivity index (χ1n) is 6.75. The number of nitrogens with two attached hydrogens (primary N) is 1. The van der Waals surface area contributed by atoms with Gasteiger partial charge in [-0.25, -0.2) is 0 Å². The molecule has 1 aliphatic rings. The van der Waals surface area contributed by atoms with E-state index in [1.165, 1.54) is 0 Å². The van der Waals surface area contributed by atoms with Gasteiger partial charge in [0.1, 0.15) is 0 Å². The number of amides is 1. The quantitative estimate of drug-likeness (QED) is 0.843. The van der Waals surface area contributed by atoms with Crippen LogP contribution in [0.5, 0.6) is 0 Å². The molecule has 1 amide bonds. The summed E-state index contributed by atoms with van der Waals surface area (Å²) in [5.41, 5.74) is 7.46. The second-order valence-electron chi connectivity index (χ2n) is 5.29. The zero-order chi connectivity index (χ0) is 13.8. The van der Waals surface area contributed by atoms with Crippen LogP contribution in [0.25, 0.3) is 0 Å². The van der Waals surface area contributed by atoms with Crippen LogP contribution in [-0.4, -0.2) is 37.6 Å². The number of likely N-dealkylation sites (tertiary alicyclic amines) is 1. The Morgan fingerprint density at radius 3 is 3.05 bits per heavy atom. The highest BCUT2D eigenvalue weighted by atomic mass is 16.5. The third-order valence-electron chi connectivity index (χ3n) is 3.78. The largest absolute Gasteiger partial charge is 0.399 e. The number of hydrogen-bond donors (Lipinski definition) is 1. The Kier molecular flexibility index (Phi) is 4.43. The Bertz CT molecular complexity index is 448. The van der Waals surface area contributed by atoms with Crippen LogP contribution in [0.4, 0.5) is 5.69 Å². The lowest BCUT2D eigenvalue weighted by atomic mass is 9.99. The van der Waals surface area contributed by atoms with Crippen LogP contribution in [-0.2, 0) is 9.53 Å². The second kappa shape index (κ2) is 6.06. The van der Waals surface area contributed by atoms with Crippen molar-refractivity contribution in [1.82, 2.24) is 4.90 Å². The first kappa shape index (κ1) is 13.9. The predicted octanol–water partition coefficient (Wildman–Crippen LogP) is 1.87. The van der Waals surface area contributed by atoms with Crippen molar-refractivity contribution in [3.63, 3.8) is 0 Å². The van der Waals surface area contributed by atoms with Gasteiger partial charge in [0.2, 0.25) is 5.91 Å². The molecule has 2 atom stereocenters. The van der Waals surface area contributed by atoms with E-state index >= 15 is 0 Å². The molecule has 1 aromatic rings. The molecule has 0 spiro atoms. The first-order valence-corrected chi connectivity index (χ1v) is 6.75. The van der Waals surface area contributed by atoms with Crippen molar-refractivity contribution in [2.45, 2.75) is 19.3 Å². The molecule has 4 heteroatoms. The average Bonchev–Trinajstić information content (AvgIpc) is 2.86. The van der Waals surface area contributed by atoms with Crippen molar-refractivity contribution in [2.75, 3.05) is 32.5 Å². The van der Waals surface area contributed by atoms with Crippen LogP contribution in [0.2, 0.25) is 0 Å². The Morgan fingerprint density at radius 2 is 2.37 bits per heavy atom. The molecule has 0 radical (unpaired) electrons. The maximum absolute atomic E-state index is 12.5. The minimum absolute atomic E-state index is 0.134. The molecule has 2 N–H and O–H groups in total. The molecular weight excluding hydrogens is 240 g/mol. The summed E-state index contributed by atoms with van der Waals surface area (Å²) in [4.78, 5) is 14.4. The molecule has 4 nitrogen and oxygen atoms in total. The van der Waals surface area contributed by atoms with Gasteiger partial charge in [-0.2, -0.15) is 0 Å². The van der Waals surface area contributed by atoms with Crippen LogP contribution in [0.3, 0.4) is 0 Å². The molecule has 1 heterocycles. The minimum Gasteiger partial charge on any atom is -0.399 e. The first-order chi connectivity index (χ1) is 9.11. The van der Waals surface area contributed by atoms with E-state index in [-0.39, 0.29) is 11.8 Å². The van der Waals surface area contributed by atoms with Crippen LogP contribution in [0.1, 0.15) is 24.8 Å². The van der Waals surface area contributed by atoms with Crippen molar-refractivity contribution in [2.24, 2.45) is 5.92 Å². The van der Waals surface area contributed by atoms with E-state index in [2.05, 4.69) is 0 Å². The van der Waals surface area contributed by atoms with E-state index in [1.807, 2.05) is 36.1 Å². The number of methoxy groups -OCH3 is 1. The van der Waals surface area contributed by atoms with E-state index in [1.54, 1.807) is 7.11 Å².